The summed E-state index contributed by atoms with van der Waals surface area (Å²) in [5.41, 5.74) is 1.08. The van der Waals surface area contributed by atoms with E-state index in [2.05, 4.69) is 10.6 Å². The first-order chi connectivity index (χ1) is 8.24. The second kappa shape index (κ2) is 6.03. The zero-order valence-electron chi connectivity index (χ0n) is 9.71. The third kappa shape index (κ3) is 4.02. The van der Waals surface area contributed by atoms with Crippen molar-refractivity contribution in [3.63, 3.8) is 0 Å². The Morgan fingerprint density at radius 1 is 1.41 bits per heavy atom. The predicted octanol–water partition coefficient (Wildman–Crippen LogP) is 1.96. The highest BCUT2D eigenvalue weighted by Crippen LogP contribution is 2.12. The molecule has 1 atom stereocenters. The Kier molecular flexibility index (Phi) is 4.40. The molecule has 0 spiro atoms. The van der Waals surface area contributed by atoms with Crippen molar-refractivity contribution in [3.8, 4) is 0 Å². The Labute approximate surface area is 107 Å². The fourth-order valence-electron chi connectivity index (χ4n) is 2.03. The van der Waals surface area contributed by atoms with Crippen LogP contribution in [0.3, 0.4) is 0 Å². The summed E-state index contributed by atoms with van der Waals surface area (Å²) in [5.74, 6) is 0.633. The molecule has 2 N–H and O–H groups in total. The van der Waals surface area contributed by atoms with Gasteiger partial charge in [-0.15, -0.1) is 0 Å². The first-order valence-electron chi connectivity index (χ1n) is 5.96. The van der Waals surface area contributed by atoms with Gasteiger partial charge in [0, 0.05) is 18.0 Å². The molecule has 1 aromatic carbocycles. The molecule has 0 saturated carbocycles. The molecule has 1 aromatic rings. The minimum Gasteiger partial charge on any atom is -0.352 e. The van der Waals surface area contributed by atoms with Crippen molar-refractivity contribution in [1.82, 2.24) is 10.6 Å². The van der Waals surface area contributed by atoms with Gasteiger partial charge in [0.1, 0.15) is 0 Å². The molecule has 1 amide bonds. The van der Waals surface area contributed by atoms with Crippen molar-refractivity contribution in [2.75, 3.05) is 13.1 Å². The molecule has 4 heteroatoms. The fraction of sp³-hybridized carbons (Fsp3) is 0.462. The van der Waals surface area contributed by atoms with Crippen LogP contribution in [0, 0.1) is 5.92 Å². The van der Waals surface area contributed by atoms with Crippen LogP contribution in [0.15, 0.2) is 24.3 Å². The molecule has 1 unspecified atom stereocenters. The van der Waals surface area contributed by atoms with E-state index in [1.165, 1.54) is 0 Å². The summed E-state index contributed by atoms with van der Waals surface area (Å²) in [5, 5.41) is 6.92. The van der Waals surface area contributed by atoms with Gasteiger partial charge in [0.15, 0.2) is 0 Å². The van der Waals surface area contributed by atoms with Gasteiger partial charge in [0.25, 0.3) is 0 Å². The Balaban J connectivity index is 1.73. The zero-order valence-corrected chi connectivity index (χ0v) is 10.5. The Hall–Kier alpha value is -1.06. The SMILES string of the molecule is O=C(CC1CCNC1)NCc1ccc(Cl)cc1. The van der Waals surface area contributed by atoms with E-state index >= 15 is 0 Å². The molecule has 17 heavy (non-hydrogen) atoms. The van der Waals surface area contributed by atoms with Gasteiger partial charge in [-0.2, -0.15) is 0 Å². The third-order valence-corrected chi connectivity index (χ3v) is 3.29. The Bertz CT molecular complexity index is 372. The van der Waals surface area contributed by atoms with Crippen LogP contribution in [0.5, 0.6) is 0 Å². The highest BCUT2D eigenvalue weighted by atomic mass is 35.5. The lowest BCUT2D eigenvalue weighted by atomic mass is 10.0. The normalized spacial score (nSPS) is 19.2. The van der Waals surface area contributed by atoms with Gasteiger partial charge in [0.05, 0.1) is 0 Å². The molecule has 1 fully saturated rings. The molecule has 3 nitrogen and oxygen atoms in total. The first-order valence-corrected chi connectivity index (χ1v) is 6.33. The van der Waals surface area contributed by atoms with E-state index in [4.69, 9.17) is 11.6 Å². The van der Waals surface area contributed by atoms with Crippen molar-refractivity contribution in [2.24, 2.45) is 5.92 Å². The fourth-order valence-corrected chi connectivity index (χ4v) is 2.15. The maximum atomic E-state index is 11.7. The molecule has 1 aliphatic rings. The van der Waals surface area contributed by atoms with Crippen molar-refractivity contribution in [1.29, 1.82) is 0 Å². The average Bonchev–Trinajstić information content (AvgIpc) is 2.81. The lowest BCUT2D eigenvalue weighted by molar-refractivity contribution is -0.122. The standard InChI is InChI=1S/C13H17ClN2O/c14-12-3-1-10(2-4-12)9-16-13(17)7-11-5-6-15-8-11/h1-4,11,15H,5-9H2,(H,16,17). The number of hydrogen-bond acceptors (Lipinski definition) is 2. The second-order valence-electron chi connectivity index (χ2n) is 4.47. The Morgan fingerprint density at radius 3 is 2.82 bits per heavy atom. The summed E-state index contributed by atoms with van der Waals surface area (Å²) in [6.07, 6.45) is 1.73. The van der Waals surface area contributed by atoms with Crippen molar-refractivity contribution in [3.05, 3.63) is 34.9 Å². The number of halogens is 1. The summed E-state index contributed by atoms with van der Waals surface area (Å²) in [6, 6.07) is 7.54. The van der Waals surface area contributed by atoms with Gasteiger partial charge in [-0.3, -0.25) is 4.79 Å². The molecule has 0 bridgehead atoms. The summed E-state index contributed by atoms with van der Waals surface area (Å²) >= 11 is 5.79. The minimum atomic E-state index is 0.133. The molecule has 0 radical (unpaired) electrons. The van der Waals surface area contributed by atoms with Gasteiger partial charge in [0.2, 0.25) is 5.91 Å². The van der Waals surface area contributed by atoms with Crippen molar-refractivity contribution >= 4 is 17.5 Å². The number of carbonyl (C=O) groups excluding carboxylic acids is 1. The quantitative estimate of drug-likeness (QED) is 0.860. The number of benzene rings is 1. The first kappa shape index (κ1) is 12.4. The van der Waals surface area contributed by atoms with Gasteiger partial charge < -0.3 is 10.6 Å². The number of carbonyl (C=O) groups is 1. The van der Waals surface area contributed by atoms with Crippen molar-refractivity contribution < 1.29 is 4.79 Å². The van der Waals surface area contributed by atoms with Crippen molar-refractivity contribution in [2.45, 2.75) is 19.4 Å². The molecular formula is C13H17ClN2O. The third-order valence-electron chi connectivity index (χ3n) is 3.04. The van der Waals surface area contributed by atoms with Crippen LogP contribution in [0.2, 0.25) is 5.02 Å². The van der Waals surface area contributed by atoms with E-state index in [9.17, 15) is 4.79 Å². The van der Waals surface area contributed by atoms with E-state index in [1.54, 1.807) is 0 Å². The Morgan fingerprint density at radius 2 is 2.18 bits per heavy atom. The number of nitrogens with one attached hydrogen (secondary N) is 2. The summed E-state index contributed by atoms with van der Waals surface area (Å²) < 4.78 is 0. The molecule has 92 valence electrons. The number of rotatable bonds is 4. The van der Waals surface area contributed by atoms with E-state index in [1.807, 2.05) is 24.3 Å². The summed E-state index contributed by atoms with van der Waals surface area (Å²) in [4.78, 5) is 11.7. The van der Waals surface area contributed by atoms with Crippen LogP contribution < -0.4 is 10.6 Å². The van der Waals surface area contributed by atoms with Gasteiger partial charge in [-0.05, 0) is 43.1 Å². The topological polar surface area (TPSA) is 41.1 Å². The van der Waals surface area contributed by atoms with Gasteiger partial charge in [-0.25, -0.2) is 0 Å². The lowest BCUT2D eigenvalue weighted by Crippen LogP contribution is -2.25. The molecular weight excluding hydrogens is 236 g/mol. The van der Waals surface area contributed by atoms with E-state index in [0.717, 1.165) is 30.1 Å². The van der Waals surface area contributed by atoms with Gasteiger partial charge in [-0.1, -0.05) is 23.7 Å². The second-order valence-corrected chi connectivity index (χ2v) is 4.90. The summed E-state index contributed by atoms with van der Waals surface area (Å²) in [7, 11) is 0. The molecule has 2 rings (SSSR count). The lowest BCUT2D eigenvalue weighted by Gasteiger charge is -2.09. The van der Waals surface area contributed by atoms with Crippen LogP contribution >= 0.6 is 11.6 Å². The number of hydrogen-bond donors (Lipinski definition) is 2. The largest absolute Gasteiger partial charge is 0.352 e. The molecule has 1 heterocycles. The smallest absolute Gasteiger partial charge is 0.220 e. The maximum absolute atomic E-state index is 11.7. The van der Waals surface area contributed by atoms with Crippen LogP contribution in [0.4, 0.5) is 0 Å². The molecule has 1 aliphatic heterocycles. The number of amides is 1. The van der Waals surface area contributed by atoms with Crippen LogP contribution in [0.25, 0.3) is 0 Å². The molecule has 0 aliphatic carbocycles. The monoisotopic (exact) mass is 252 g/mol. The molecule has 0 aromatic heterocycles. The highest BCUT2D eigenvalue weighted by molar-refractivity contribution is 6.30. The minimum absolute atomic E-state index is 0.133. The highest BCUT2D eigenvalue weighted by Gasteiger charge is 2.17. The van der Waals surface area contributed by atoms with Crippen LogP contribution in [0.1, 0.15) is 18.4 Å². The predicted molar refractivity (Wildman–Crippen MR) is 68.9 cm³/mol. The zero-order chi connectivity index (χ0) is 12.1. The summed E-state index contributed by atoms with van der Waals surface area (Å²) in [6.45, 7) is 2.58. The van der Waals surface area contributed by atoms with E-state index in [-0.39, 0.29) is 5.91 Å². The van der Waals surface area contributed by atoms with Crippen LogP contribution in [-0.4, -0.2) is 19.0 Å². The molecule has 1 saturated heterocycles. The van der Waals surface area contributed by atoms with E-state index < -0.39 is 0 Å². The van der Waals surface area contributed by atoms with Crippen LogP contribution in [-0.2, 0) is 11.3 Å². The van der Waals surface area contributed by atoms with Gasteiger partial charge >= 0.3 is 0 Å². The average molecular weight is 253 g/mol. The maximum Gasteiger partial charge on any atom is 0.220 e. The van der Waals surface area contributed by atoms with E-state index in [0.29, 0.717) is 18.9 Å².